The number of carbonyl (C=O) groups excluding carboxylic acids is 1. The third-order valence-corrected chi connectivity index (χ3v) is 9.15. The molecule has 38 heavy (non-hydrogen) atoms. The van der Waals surface area contributed by atoms with Crippen molar-refractivity contribution in [3.8, 4) is 0 Å². The molecular weight excluding hydrogens is 478 g/mol. The zero-order valence-corrected chi connectivity index (χ0v) is 23.2. The van der Waals surface area contributed by atoms with Crippen LogP contribution in [-0.4, -0.2) is 99.3 Å². The standard InChI is InChI=1S/C28H43N9O/c1-19-25(18-37(33-19)23-15-21-7-8-22(16-23)35(21)3)31-28-30-17-24(20-5-6-20)27(32-28)29-10-4-11-36-14-13-34(2)12-9-26(36)38/h17-18,20-23H,4-16H2,1-3H3,(H2,29,30,31,32). The zero-order chi connectivity index (χ0) is 26.2. The van der Waals surface area contributed by atoms with Crippen LogP contribution in [-0.2, 0) is 4.79 Å². The number of nitrogens with one attached hydrogen (secondary N) is 2. The van der Waals surface area contributed by atoms with Crippen molar-refractivity contribution in [2.24, 2.45) is 0 Å². The van der Waals surface area contributed by atoms with Crippen molar-refractivity contribution < 1.29 is 4.79 Å². The topological polar surface area (TPSA) is 94.5 Å². The van der Waals surface area contributed by atoms with Crippen molar-refractivity contribution >= 4 is 23.4 Å². The smallest absolute Gasteiger partial charge is 0.229 e. The third-order valence-electron chi connectivity index (χ3n) is 9.15. The highest BCUT2D eigenvalue weighted by atomic mass is 16.2. The Labute approximate surface area is 226 Å². The Morgan fingerprint density at radius 1 is 1.03 bits per heavy atom. The van der Waals surface area contributed by atoms with Gasteiger partial charge in [0.25, 0.3) is 0 Å². The van der Waals surface area contributed by atoms with Crippen LogP contribution in [0.2, 0.25) is 0 Å². The number of piperidine rings is 1. The first-order valence-corrected chi connectivity index (χ1v) is 14.6. The maximum Gasteiger partial charge on any atom is 0.229 e. The van der Waals surface area contributed by atoms with Crippen LogP contribution < -0.4 is 10.6 Å². The number of aryl methyl sites for hydroxylation is 1. The van der Waals surface area contributed by atoms with Crippen LogP contribution in [0.1, 0.15) is 74.6 Å². The van der Waals surface area contributed by atoms with Crippen LogP contribution in [0.15, 0.2) is 12.4 Å². The van der Waals surface area contributed by atoms with E-state index >= 15 is 0 Å². The van der Waals surface area contributed by atoms with Gasteiger partial charge in [-0.25, -0.2) is 4.98 Å². The molecule has 2 bridgehead atoms. The van der Waals surface area contributed by atoms with E-state index < -0.39 is 0 Å². The third kappa shape index (κ3) is 5.52. The number of carbonyl (C=O) groups is 1. The van der Waals surface area contributed by atoms with Crippen LogP contribution >= 0.6 is 0 Å². The molecule has 206 valence electrons. The van der Waals surface area contributed by atoms with Gasteiger partial charge in [0.1, 0.15) is 5.82 Å². The summed E-state index contributed by atoms with van der Waals surface area (Å²) >= 11 is 0. The highest BCUT2D eigenvalue weighted by Crippen LogP contribution is 2.43. The number of hydrogen-bond donors (Lipinski definition) is 2. The molecule has 2 aromatic heterocycles. The molecule has 1 aliphatic carbocycles. The lowest BCUT2D eigenvalue weighted by molar-refractivity contribution is -0.130. The van der Waals surface area contributed by atoms with Crippen molar-refractivity contribution in [3.05, 3.63) is 23.7 Å². The summed E-state index contributed by atoms with van der Waals surface area (Å²) in [6, 6.07) is 1.83. The SMILES string of the molecule is Cc1nn(C2CC3CCC(C2)N3C)cc1Nc1ncc(C2CC2)c(NCCCN2CCN(C)CCC2=O)n1. The predicted molar refractivity (Wildman–Crippen MR) is 149 cm³/mol. The van der Waals surface area contributed by atoms with Gasteiger partial charge in [0.15, 0.2) is 0 Å². The maximum atomic E-state index is 12.4. The van der Waals surface area contributed by atoms with Crippen LogP contribution in [0.25, 0.3) is 0 Å². The molecule has 3 saturated heterocycles. The Bertz CT molecular complexity index is 1130. The molecule has 0 spiro atoms. The average Bonchev–Trinajstić information content (AvgIpc) is 3.68. The molecule has 2 N–H and O–H groups in total. The second-order valence-electron chi connectivity index (χ2n) is 11.9. The number of fused-ring (bicyclic) bond motifs is 2. The van der Waals surface area contributed by atoms with Crippen LogP contribution in [0, 0.1) is 6.92 Å². The molecule has 6 rings (SSSR count). The molecule has 4 aliphatic rings. The molecule has 10 nitrogen and oxygen atoms in total. The summed E-state index contributed by atoms with van der Waals surface area (Å²) in [5, 5.41) is 11.9. The van der Waals surface area contributed by atoms with Gasteiger partial charge in [0, 0.05) is 69.2 Å². The minimum absolute atomic E-state index is 0.269. The van der Waals surface area contributed by atoms with E-state index in [1.165, 1.54) is 44.1 Å². The summed E-state index contributed by atoms with van der Waals surface area (Å²) in [6.07, 6.45) is 13.0. The van der Waals surface area contributed by atoms with Crippen molar-refractivity contribution in [2.45, 2.75) is 82.3 Å². The zero-order valence-electron chi connectivity index (χ0n) is 23.2. The summed E-state index contributed by atoms with van der Waals surface area (Å²) in [6.45, 7) is 6.24. The second-order valence-corrected chi connectivity index (χ2v) is 11.9. The van der Waals surface area contributed by atoms with E-state index in [1.807, 2.05) is 11.1 Å². The van der Waals surface area contributed by atoms with Crippen LogP contribution in [0.3, 0.4) is 0 Å². The molecule has 0 aromatic carbocycles. The van der Waals surface area contributed by atoms with Gasteiger partial charge >= 0.3 is 0 Å². The van der Waals surface area contributed by atoms with E-state index in [0.717, 1.165) is 56.3 Å². The first-order valence-electron chi connectivity index (χ1n) is 14.6. The Kier molecular flexibility index (Phi) is 7.27. The lowest BCUT2D eigenvalue weighted by atomic mass is 9.98. The maximum absolute atomic E-state index is 12.4. The van der Waals surface area contributed by atoms with Crippen molar-refractivity contribution in [3.63, 3.8) is 0 Å². The van der Waals surface area contributed by atoms with Gasteiger partial charge in [-0.2, -0.15) is 10.1 Å². The van der Waals surface area contributed by atoms with E-state index in [2.05, 4.69) is 57.3 Å². The van der Waals surface area contributed by atoms with Gasteiger partial charge in [-0.1, -0.05) is 0 Å². The Morgan fingerprint density at radius 2 is 1.82 bits per heavy atom. The van der Waals surface area contributed by atoms with Crippen molar-refractivity contribution in [2.75, 3.05) is 57.5 Å². The monoisotopic (exact) mass is 521 g/mol. The van der Waals surface area contributed by atoms with E-state index in [1.54, 1.807) is 0 Å². The van der Waals surface area contributed by atoms with E-state index in [-0.39, 0.29) is 5.91 Å². The number of nitrogens with zero attached hydrogens (tertiary/aromatic N) is 7. The number of amides is 1. The highest BCUT2D eigenvalue weighted by molar-refractivity contribution is 5.76. The molecule has 0 radical (unpaired) electrons. The number of rotatable bonds is 9. The Hall–Kier alpha value is -2.72. The molecular formula is C28H43N9O. The fraction of sp³-hybridized carbons (Fsp3) is 0.714. The Balaban J connectivity index is 1.09. The van der Waals surface area contributed by atoms with Gasteiger partial charge in [-0.05, 0) is 71.9 Å². The molecule has 10 heteroatoms. The summed E-state index contributed by atoms with van der Waals surface area (Å²) in [4.78, 5) is 28.8. The average molecular weight is 522 g/mol. The Morgan fingerprint density at radius 3 is 2.58 bits per heavy atom. The van der Waals surface area contributed by atoms with Gasteiger partial charge in [0.2, 0.25) is 11.9 Å². The van der Waals surface area contributed by atoms with E-state index in [0.29, 0.717) is 36.4 Å². The molecule has 1 amide bonds. The summed E-state index contributed by atoms with van der Waals surface area (Å²) in [7, 11) is 4.37. The van der Waals surface area contributed by atoms with Crippen LogP contribution in [0.5, 0.6) is 0 Å². The van der Waals surface area contributed by atoms with Gasteiger partial charge < -0.3 is 25.3 Å². The van der Waals surface area contributed by atoms with Crippen molar-refractivity contribution in [1.82, 2.24) is 34.4 Å². The summed E-state index contributed by atoms with van der Waals surface area (Å²) < 4.78 is 2.18. The first-order chi connectivity index (χ1) is 18.4. The molecule has 4 fully saturated rings. The highest BCUT2D eigenvalue weighted by Gasteiger charge is 2.39. The van der Waals surface area contributed by atoms with Gasteiger partial charge in [0.05, 0.1) is 17.4 Å². The fourth-order valence-corrected chi connectivity index (χ4v) is 6.48. The molecule has 2 aromatic rings. The fourth-order valence-electron chi connectivity index (χ4n) is 6.48. The van der Waals surface area contributed by atoms with Crippen molar-refractivity contribution in [1.29, 1.82) is 0 Å². The molecule has 2 atom stereocenters. The molecule has 3 aliphatic heterocycles. The van der Waals surface area contributed by atoms with Gasteiger partial charge in [-0.3, -0.25) is 9.48 Å². The lowest BCUT2D eigenvalue weighted by Gasteiger charge is -2.36. The largest absolute Gasteiger partial charge is 0.370 e. The summed E-state index contributed by atoms with van der Waals surface area (Å²) in [5.74, 6) is 2.35. The lowest BCUT2D eigenvalue weighted by Crippen LogP contribution is -2.40. The number of aromatic nitrogens is 4. The minimum Gasteiger partial charge on any atom is -0.370 e. The van der Waals surface area contributed by atoms with Crippen LogP contribution in [0.4, 0.5) is 17.5 Å². The normalized spacial score (nSPS) is 26.6. The number of anilines is 3. The minimum atomic E-state index is 0.269. The first kappa shape index (κ1) is 25.6. The van der Waals surface area contributed by atoms with E-state index in [9.17, 15) is 4.79 Å². The summed E-state index contributed by atoms with van der Waals surface area (Å²) in [5.41, 5.74) is 3.16. The second kappa shape index (κ2) is 10.8. The predicted octanol–water partition coefficient (Wildman–Crippen LogP) is 3.37. The molecule has 2 unspecified atom stereocenters. The van der Waals surface area contributed by atoms with E-state index in [4.69, 9.17) is 10.1 Å². The molecule has 1 saturated carbocycles. The number of hydrogen-bond acceptors (Lipinski definition) is 8. The quantitative estimate of drug-likeness (QED) is 0.485. The molecule has 5 heterocycles. The van der Waals surface area contributed by atoms with Gasteiger partial charge in [-0.15, -0.1) is 0 Å². The number of likely N-dealkylation sites (N-methyl/N-ethyl adjacent to an activating group) is 1.